The molecule has 0 fully saturated rings. The lowest BCUT2D eigenvalue weighted by Crippen LogP contribution is -2.47. The normalized spacial score (nSPS) is 13.1. The Morgan fingerprint density at radius 1 is 0.769 bits per heavy atom. The number of nitrogens with zero attached hydrogens (tertiary/aromatic N) is 5. The van der Waals surface area contributed by atoms with Crippen LogP contribution >= 0.6 is 22.6 Å². The Bertz CT molecular complexity index is 2580. The standard InChI is InChI=1S/C45H59IN6O10S2Si/c1-44(2,3)62-43(53)47-26-37(30-61-65(10,11)45(4,5)6)63(54,55)39-25-24-38(46)40(42-48-50-52(49-42)29-33-16-22-36(60-9)23-17-33)41(39)64(56,57)51(27-31-12-18-34(58-7)19-13-31)28-32-14-20-35(59-8)21-15-32/h12-25,37H,26-30H2,1-11H3,(H,47,53)/t37-/m0/s1. The van der Waals surface area contributed by atoms with Gasteiger partial charge >= 0.3 is 6.09 Å². The quantitative estimate of drug-likeness (QED) is 0.0617. The first kappa shape index (κ1) is 51.4. The number of alkyl carbamates (subject to hydrolysis) is 1. The van der Waals surface area contributed by atoms with Crippen molar-refractivity contribution < 1.29 is 45.0 Å². The van der Waals surface area contributed by atoms with E-state index in [2.05, 4.69) is 20.7 Å². The minimum absolute atomic E-state index is 0.0636. The molecule has 0 aliphatic carbocycles. The number of tetrazole rings is 1. The van der Waals surface area contributed by atoms with Crippen LogP contribution in [-0.4, -0.2) is 101 Å². The highest BCUT2D eigenvalue weighted by Crippen LogP contribution is 2.40. The Morgan fingerprint density at radius 2 is 1.26 bits per heavy atom. The van der Waals surface area contributed by atoms with Gasteiger partial charge in [0.15, 0.2) is 18.2 Å². The molecule has 1 heterocycles. The van der Waals surface area contributed by atoms with Crippen LogP contribution < -0.4 is 19.5 Å². The van der Waals surface area contributed by atoms with Crippen LogP contribution in [0.2, 0.25) is 18.1 Å². The molecule has 0 aliphatic heterocycles. The highest BCUT2D eigenvalue weighted by Gasteiger charge is 2.43. The van der Waals surface area contributed by atoms with E-state index in [0.717, 1.165) is 5.56 Å². The molecule has 0 radical (unpaired) electrons. The average Bonchev–Trinajstić information content (AvgIpc) is 3.70. The summed E-state index contributed by atoms with van der Waals surface area (Å²) in [6.07, 6.45) is -0.844. The highest BCUT2D eigenvalue weighted by molar-refractivity contribution is 14.1. The number of rotatable bonds is 19. The summed E-state index contributed by atoms with van der Waals surface area (Å²) in [6, 6.07) is 23.9. The summed E-state index contributed by atoms with van der Waals surface area (Å²) in [6.45, 7) is 14.1. The third kappa shape index (κ3) is 13.1. The van der Waals surface area contributed by atoms with E-state index in [9.17, 15) is 4.79 Å². The second kappa shape index (κ2) is 20.9. The van der Waals surface area contributed by atoms with E-state index >= 15 is 16.8 Å². The first-order valence-corrected chi connectivity index (χ1v) is 27.7. The van der Waals surface area contributed by atoms with Crippen molar-refractivity contribution >= 4 is 56.9 Å². The monoisotopic (exact) mass is 1060 g/mol. The van der Waals surface area contributed by atoms with Crippen LogP contribution in [0.25, 0.3) is 11.4 Å². The number of carbonyl (C=O) groups excluding carboxylic acids is 1. The van der Waals surface area contributed by atoms with Crippen molar-refractivity contribution in [3.05, 3.63) is 105 Å². The third-order valence-electron chi connectivity index (χ3n) is 10.9. The van der Waals surface area contributed by atoms with Gasteiger partial charge in [-0.3, -0.25) is 0 Å². The van der Waals surface area contributed by atoms with E-state index in [-0.39, 0.29) is 42.7 Å². The van der Waals surface area contributed by atoms with Gasteiger partial charge in [-0.2, -0.15) is 9.10 Å². The lowest BCUT2D eigenvalue weighted by Gasteiger charge is -2.37. The fourth-order valence-corrected chi connectivity index (χ4v) is 12.1. The van der Waals surface area contributed by atoms with Gasteiger partial charge < -0.3 is 28.7 Å². The molecule has 352 valence electrons. The molecule has 0 saturated heterocycles. The van der Waals surface area contributed by atoms with Crippen LogP contribution in [0.3, 0.4) is 0 Å². The van der Waals surface area contributed by atoms with Crippen molar-refractivity contribution in [3.63, 3.8) is 0 Å². The Labute approximate surface area is 397 Å². The van der Waals surface area contributed by atoms with E-state index in [1.165, 1.54) is 35.5 Å². The number of aromatic nitrogens is 4. The fraction of sp³-hybridized carbons (Fsp3) is 0.422. The van der Waals surface area contributed by atoms with Crippen LogP contribution in [0.15, 0.2) is 94.7 Å². The van der Waals surface area contributed by atoms with E-state index in [4.69, 9.17) is 23.4 Å². The van der Waals surface area contributed by atoms with Gasteiger partial charge in [0.1, 0.15) is 33.0 Å². The van der Waals surface area contributed by atoms with Crippen molar-refractivity contribution in [1.29, 1.82) is 0 Å². The Balaban J connectivity index is 1.75. The molecule has 0 bridgehead atoms. The first-order valence-electron chi connectivity index (χ1n) is 20.7. The van der Waals surface area contributed by atoms with Crippen molar-refractivity contribution in [3.8, 4) is 28.6 Å². The van der Waals surface area contributed by atoms with Crippen LogP contribution in [0.1, 0.15) is 58.2 Å². The van der Waals surface area contributed by atoms with Gasteiger partial charge in [0.2, 0.25) is 15.8 Å². The van der Waals surface area contributed by atoms with Crippen LogP contribution in [0, 0.1) is 3.57 Å². The number of nitrogens with one attached hydrogen (secondary N) is 1. The number of amides is 1. The smallest absolute Gasteiger partial charge is 0.407 e. The van der Waals surface area contributed by atoms with Crippen LogP contribution in [-0.2, 0) is 48.7 Å². The Kier molecular flexibility index (Phi) is 16.5. The lowest BCUT2D eigenvalue weighted by atomic mass is 10.2. The van der Waals surface area contributed by atoms with Crippen LogP contribution in [0.4, 0.5) is 4.79 Å². The molecule has 1 atom stereocenters. The van der Waals surface area contributed by atoms with Crippen molar-refractivity contribution in [1.82, 2.24) is 29.8 Å². The molecule has 5 rings (SSSR count). The van der Waals surface area contributed by atoms with E-state index in [1.54, 1.807) is 88.5 Å². The maximum absolute atomic E-state index is 15.9. The molecular weight excluding hydrogens is 1000 g/mol. The van der Waals surface area contributed by atoms with Crippen molar-refractivity contribution in [2.45, 2.75) is 100.0 Å². The second-order valence-electron chi connectivity index (χ2n) is 17.8. The molecule has 1 amide bonds. The molecule has 0 spiro atoms. The highest BCUT2D eigenvalue weighted by atomic mass is 127. The molecular formula is C45H59IN6O10S2Si. The largest absolute Gasteiger partial charge is 0.497 e. The number of sulfonamides is 1. The number of ether oxygens (including phenoxy) is 4. The van der Waals surface area contributed by atoms with Crippen LogP contribution in [0.5, 0.6) is 17.2 Å². The van der Waals surface area contributed by atoms with Gasteiger partial charge in [0, 0.05) is 23.2 Å². The fourth-order valence-electron chi connectivity index (χ4n) is 6.22. The number of hydrogen-bond donors (Lipinski definition) is 1. The summed E-state index contributed by atoms with van der Waals surface area (Å²) < 4.78 is 92.3. The van der Waals surface area contributed by atoms with Gasteiger partial charge in [0.25, 0.3) is 0 Å². The maximum atomic E-state index is 15.9. The summed E-state index contributed by atoms with van der Waals surface area (Å²) in [5.74, 6) is 1.68. The molecule has 0 aliphatic rings. The number of hydrogen-bond acceptors (Lipinski definition) is 13. The molecule has 16 nitrogen and oxygen atoms in total. The van der Waals surface area contributed by atoms with E-state index in [0.29, 0.717) is 31.9 Å². The third-order valence-corrected chi connectivity index (χ3v) is 20.5. The molecule has 5 aromatic rings. The van der Waals surface area contributed by atoms with Gasteiger partial charge in [-0.1, -0.05) is 57.2 Å². The van der Waals surface area contributed by atoms with Crippen molar-refractivity contribution in [2.75, 3.05) is 34.5 Å². The van der Waals surface area contributed by atoms with Gasteiger partial charge in [0.05, 0.1) is 44.9 Å². The first-order chi connectivity index (χ1) is 30.4. The number of sulfone groups is 1. The van der Waals surface area contributed by atoms with Gasteiger partial charge in [-0.05, 0) is 132 Å². The van der Waals surface area contributed by atoms with E-state index in [1.807, 2.05) is 68.6 Å². The lowest BCUT2D eigenvalue weighted by molar-refractivity contribution is 0.0526. The molecule has 1 N–H and O–H groups in total. The summed E-state index contributed by atoms with van der Waals surface area (Å²) in [5, 5.41) is 14.1. The second-order valence-corrected chi connectivity index (χ2v) is 27.9. The SMILES string of the molecule is COc1ccc(CN(Cc2ccc(OC)cc2)S(=O)(=O)c2c(S(=O)(=O)[C@@H](CNC(=O)OC(C)(C)C)CO[Si](C)(C)C(C)(C)C)ccc(I)c2-c2nnn(Cc3ccc(OC)cc3)n2)cc1. The number of methoxy groups -OCH3 is 3. The predicted molar refractivity (Wildman–Crippen MR) is 259 cm³/mol. The molecule has 1 aromatic heterocycles. The summed E-state index contributed by atoms with van der Waals surface area (Å²) in [5.41, 5.74) is 1.07. The minimum atomic E-state index is -4.84. The minimum Gasteiger partial charge on any atom is -0.497 e. The molecule has 0 unspecified atom stereocenters. The number of benzene rings is 4. The van der Waals surface area contributed by atoms with Gasteiger partial charge in [-0.25, -0.2) is 21.6 Å². The van der Waals surface area contributed by atoms with E-state index < -0.39 is 61.5 Å². The summed E-state index contributed by atoms with van der Waals surface area (Å²) >= 11 is 1.96. The molecule has 4 aromatic carbocycles. The molecule has 0 saturated carbocycles. The topological polar surface area (TPSA) is 190 Å². The summed E-state index contributed by atoms with van der Waals surface area (Å²) in [7, 11) is -7.55. The zero-order valence-corrected chi connectivity index (χ0v) is 43.5. The number of carbonyl (C=O) groups is 1. The summed E-state index contributed by atoms with van der Waals surface area (Å²) in [4.78, 5) is 13.3. The van der Waals surface area contributed by atoms with Crippen molar-refractivity contribution in [2.24, 2.45) is 0 Å². The zero-order chi connectivity index (χ0) is 48.0. The zero-order valence-electron chi connectivity index (χ0n) is 38.7. The predicted octanol–water partition coefficient (Wildman–Crippen LogP) is 8.10. The average molecular weight is 1060 g/mol. The number of halogens is 1. The molecule has 65 heavy (non-hydrogen) atoms. The molecule has 20 heteroatoms. The Morgan fingerprint density at radius 3 is 1.72 bits per heavy atom. The van der Waals surface area contributed by atoms with Gasteiger partial charge in [-0.15, -0.1) is 10.2 Å². The Hall–Kier alpha value is -4.61. The maximum Gasteiger partial charge on any atom is 0.407 e.